The van der Waals surface area contributed by atoms with Gasteiger partial charge in [0.05, 0.1) is 0 Å². The van der Waals surface area contributed by atoms with Gasteiger partial charge in [-0.05, 0) is 0 Å². The number of benzene rings is 1. The Morgan fingerprint density at radius 2 is 1.87 bits per heavy atom. The van der Waals surface area contributed by atoms with Gasteiger partial charge in [-0.25, -0.2) is 0 Å². The van der Waals surface area contributed by atoms with Crippen LogP contribution in [0.25, 0.3) is 10.2 Å². The first-order valence-corrected chi connectivity index (χ1v) is 13.7. The average molecular weight is 641 g/mol. The maximum absolute atomic E-state index is 13.0. The Bertz CT molecular complexity index is 1110. The molecule has 0 unspecified atom stereocenters. The summed E-state index contributed by atoms with van der Waals surface area (Å²) in [5.41, 5.74) is 1.64. The van der Waals surface area contributed by atoms with Crippen molar-refractivity contribution in [3.63, 3.8) is 0 Å². The second-order valence-corrected chi connectivity index (χ2v) is 13.7. The van der Waals surface area contributed by atoms with Gasteiger partial charge in [-0.2, -0.15) is 0 Å². The summed E-state index contributed by atoms with van der Waals surface area (Å²) in [5, 5.41) is 5.53. The zero-order valence-electron chi connectivity index (χ0n) is 15.6. The molecule has 1 saturated heterocycles. The summed E-state index contributed by atoms with van der Waals surface area (Å²) in [6.45, 7) is 1.43. The van der Waals surface area contributed by atoms with E-state index in [1.54, 1.807) is 27.8 Å². The van der Waals surface area contributed by atoms with Crippen molar-refractivity contribution >= 4 is 86.2 Å². The summed E-state index contributed by atoms with van der Waals surface area (Å²) in [5.74, 6) is -0.461. The van der Waals surface area contributed by atoms with Crippen LogP contribution in [0.4, 0.5) is 0 Å². The summed E-state index contributed by atoms with van der Waals surface area (Å²) in [4.78, 5) is 27.2. The van der Waals surface area contributed by atoms with Crippen LogP contribution in [-0.2, 0) is 4.79 Å². The molecule has 0 saturated carbocycles. The van der Waals surface area contributed by atoms with Crippen LogP contribution in [-0.4, -0.2) is 54.4 Å². The van der Waals surface area contributed by atoms with E-state index >= 15 is 0 Å². The van der Waals surface area contributed by atoms with Crippen molar-refractivity contribution in [2.24, 2.45) is 0 Å². The Labute approximate surface area is 206 Å². The summed E-state index contributed by atoms with van der Waals surface area (Å²) < 4.78 is 4.50. The molecule has 1 amide bonds. The van der Waals surface area contributed by atoms with Crippen molar-refractivity contribution in [3.05, 3.63) is 59.6 Å². The number of amides is 1. The first kappa shape index (κ1) is 22.3. The van der Waals surface area contributed by atoms with E-state index in [1.165, 1.54) is 0 Å². The fourth-order valence-electron chi connectivity index (χ4n) is 3.44. The number of allylic oxidation sites excluding steroid dienone is 2. The summed E-state index contributed by atoms with van der Waals surface area (Å²) in [6.07, 6.45) is 5.81. The maximum atomic E-state index is 13.0. The third-order valence-electron chi connectivity index (χ3n) is 4.91. The first-order valence-electron chi connectivity index (χ1n) is 9.25. The predicted molar refractivity (Wildman–Crippen MR) is 130 cm³/mol. The van der Waals surface area contributed by atoms with Crippen LogP contribution in [0.2, 0.25) is 10.0 Å². The molecule has 0 bridgehead atoms. The summed E-state index contributed by atoms with van der Waals surface area (Å²) in [6, 6.07) is 5.15. The number of Topliss-reactive ketones (excluding diaryl/α,β-unsaturated/α-hetero) is 1. The predicted octanol–water partition coefficient (Wildman–Crippen LogP) is 4.90. The van der Waals surface area contributed by atoms with Crippen molar-refractivity contribution in [2.75, 3.05) is 13.1 Å². The second-order valence-electron chi connectivity index (χ2n) is 6.93. The molecule has 3 heterocycles. The SMILES string of the molecule is O=C(CC(=O)N1CCCC1)c1nn(-c2ccc(Cl)cc2Cl)c(C2=CC=C(Br)[SeH2]2)c1Br. The average Bonchev–Trinajstić information content (AvgIpc) is 3.42. The molecule has 1 fully saturated rings. The standard InChI is InChI=1S/C20H17Br2Cl2N3O2Se/c21-16-6-5-15(30-16)20-18(22)19(14(28)10-17(29)26-7-1-2-8-26)25-27(20)13-4-3-11(23)9-12(13)24/h3-6,9H,1-2,7-8,10,30H2. The van der Waals surface area contributed by atoms with Gasteiger partial charge in [-0.3, -0.25) is 0 Å². The Morgan fingerprint density at radius 1 is 1.13 bits per heavy atom. The van der Waals surface area contributed by atoms with Crippen LogP contribution < -0.4 is 0 Å². The van der Waals surface area contributed by atoms with E-state index in [0.717, 1.165) is 26.4 Å². The molecule has 5 nitrogen and oxygen atoms in total. The zero-order valence-corrected chi connectivity index (χ0v) is 22.4. The van der Waals surface area contributed by atoms with Crippen molar-refractivity contribution in [2.45, 2.75) is 19.3 Å². The molecule has 4 rings (SSSR count). The van der Waals surface area contributed by atoms with Gasteiger partial charge >= 0.3 is 208 Å². The summed E-state index contributed by atoms with van der Waals surface area (Å²) in [7, 11) is 0. The molecule has 2 aliphatic heterocycles. The molecule has 0 spiro atoms. The quantitative estimate of drug-likeness (QED) is 0.266. The first-order chi connectivity index (χ1) is 14.3. The molecule has 0 aliphatic carbocycles. The van der Waals surface area contributed by atoms with Crippen LogP contribution in [0.5, 0.6) is 0 Å². The van der Waals surface area contributed by atoms with E-state index in [2.05, 4.69) is 37.0 Å². The molecule has 1 aromatic carbocycles. The number of hydrogen-bond acceptors (Lipinski definition) is 3. The molecule has 0 N–H and O–H groups in total. The van der Waals surface area contributed by atoms with Gasteiger partial charge in [0, 0.05) is 0 Å². The molecular formula is C20H17Br2Cl2N3O2Se. The van der Waals surface area contributed by atoms with Crippen LogP contribution in [0.3, 0.4) is 0 Å². The topological polar surface area (TPSA) is 55.2 Å². The van der Waals surface area contributed by atoms with E-state index < -0.39 is 15.0 Å². The molecule has 0 atom stereocenters. The van der Waals surface area contributed by atoms with Crippen molar-refractivity contribution in [1.82, 2.24) is 14.7 Å². The van der Waals surface area contributed by atoms with Gasteiger partial charge in [0.15, 0.2) is 0 Å². The molecule has 30 heavy (non-hydrogen) atoms. The number of nitrogens with zero attached hydrogens (tertiary/aromatic N) is 3. The number of halogens is 4. The Balaban J connectivity index is 1.74. The number of carbonyl (C=O) groups is 2. The van der Waals surface area contributed by atoms with Gasteiger partial charge in [-0.15, -0.1) is 0 Å². The zero-order chi connectivity index (χ0) is 21.4. The number of ketones is 1. The van der Waals surface area contributed by atoms with Crippen LogP contribution in [0, 0.1) is 0 Å². The normalized spacial score (nSPS) is 17.4. The van der Waals surface area contributed by atoms with Gasteiger partial charge in [-0.1, -0.05) is 0 Å². The number of hydrogen-bond donors (Lipinski definition) is 0. The van der Waals surface area contributed by atoms with Gasteiger partial charge < -0.3 is 0 Å². The third-order valence-corrected chi connectivity index (χ3v) is 9.75. The number of aromatic nitrogens is 2. The minimum absolute atomic E-state index is 0.150. The van der Waals surface area contributed by atoms with E-state index in [9.17, 15) is 9.59 Å². The molecule has 158 valence electrons. The molecule has 2 aromatic rings. The van der Waals surface area contributed by atoms with E-state index in [1.807, 2.05) is 12.2 Å². The number of rotatable bonds is 5. The van der Waals surface area contributed by atoms with E-state index in [4.69, 9.17) is 23.2 Å². The number of likely N-dealkylation sites (tertiary alicyclic amines) is 1. The summed E-state index contributed by atoms with van der Waals surface area (Å²) >= 11 is 19.1. The molecule has 0 radical (unpaired) electrons. The van der Waals surface area contributed by atoms with Crippen LogP contribution in [0.1, 0.15) is 35.4 Å². The minimum atomic E-state index is -0.597. The van der Waals surface area contributed by atoms with Crippen molar-refractivity contribution in [3.8, 4) is 5.69 Å². The van der Waals surface area contributed by atoms with Gasteiger partial charge in [0.1, 0.15) is 0 Å². The van der Waals surface area contributed by atoms with Crippen molar-refractivity contribution < 1.29 is 9.59 Å². The Hall–Kier alpha value is -0.891. The fraction of sp³-hybridized carbons (Fsp3) is 0.250. The third kappa shape index (κ3) is 4.50. The number of carbonyl (C=O) groups excluding carboxylic acids is 2. The second kappa shape index (κ2) is 9.31. The monoisotopic (exact) mass is 639 g/mol. The molecular weight excluding hydrogens is 624 g/mol. The van der Waals surface area contributed by atoms with E-state index in [0.29, 0.717) is 33.3 Å². The fourth-order valence-corrected chi connectivity index (χ4v) is 8.21. The van der Waals surface area contributed by atoms with Crippen molar-refractivity contribution in [1.29, 1.82) is 0 Å². The molecule has 2 aliphatic rings. The molecule has 1 aromatic heterocycles. The van der Waals surface area contributed by atoms with Crippen LogP contribution in [0.15, 0.2) is 38.2 Å². The van der Waals surface area contributed by atoms with Gasteiger partial charge in [0.2, 0.25) is 0 Å². The molecule has 10 heteroatoms. The Kier molecular flexibility index (Phi) is 6.92. The van der Waals surface area contributed by atoms with Gasteiger partial charge in [0.25, 0.3) is 0 Å². The van der Waals surface area contributed by atoms with E-state index in [-0.39, 0.29) is 23.8 Å². The van der Waals surface area contributed by atoms with Crippen LogP contribution >= 0.6 is 55.1 Å². The Morgan fingerprint density at radius 3 is 2.50 bits per heavy atom.